The molecule has 0 spiro atoms. The van der Waals surface area contributed by atoms with E-state index in [4.69, 9.17) is 0 Å². The molecule has 0 N–H and O–H groups in total. The highest BCUT2D eigenvalue weighted by Crippen LogP contribution is 2.47. The van der Waals surface area contributed by atoms with Gasteiger partial charge in [0.1, 0.15) is 0 Å². The molecule has 0 radical (unpaired) electrons. The Kier molecular flexibility index (Phi) is 1.87. The van der Waals surface area contributed by atoms with Gasteiger partial charge in [0.25, 0.3) is 0 Å². The molecular weight excluding hydrogens is 222 g/mol. The molecule has 0 amide bonds. The van der Waals surface area contributed by atoms with Gasteiger partial charge < -0.3 is 0 Å². The molecule has 1 aromatic carbocycles. The SMILES string of the molecule is C[C@@]12CCCc3c1n(c1ccccc31)C(=O)CC2. The zero-order valence-corrected chi connectivity index (χ0v) is 10.7. The number of aromatic nitrogens is 1. The number of hydrogen-bond acceptors (Lipinski definition) is 1. The van der Waals surface area contributed by atoms with Gasteiger partial charge >= 0.3 is 0 Å². The van der Waals surface area contributed by atoms with Crippen molar-refractivity contribution in [3.63, 3.8) is 0 Å². The van der Waals surface area contributed by atoms with Gasteiger partial charge in [0, 0.05) is 22.9 Å². The predicted molar refractivity (Wildman–Crippen MR) is 72.1 cm³/mol. The second-order valence-electron chi connectivity index (χ2n) is 5.99. The Morgan fingerprint density at radius 3 is 2.89 bits per heavy atom. The summed E-state index contributed by atoms with van der Waals surface area (Å²) in [6.45, 7) is 2.34. The molecule has 0 fully saturated rings. The van der Waals surface area contributed by atoms with Crippen molar-refractivity contribution >= 4 is 16.8 Å². The minimum Gasteiger partial charge on any atom is -0.283 e. The van der Waals surface area contributed by atoms with Crippen LogP contribution >= 0.6 is 0 Å². The molecule has 2 aromatic rings. The molecule has 2 nitrogen and oxygen atoms in total. The first kappa shape index (κ1) is 10.4. The average Bonchev–Trinajstić information content (AvgIpc) is 2.73. The number of fused-ring (bicyclic) bond motifs is 3. The van der Waals surface area contributed by atoms with Crippen LogP contribution in [0.15, 0.2) is 24.3 Å². The molecule has 0 saturated carbocycles. The van der Waals surface area contributed by atoms with Crippen LogP contribution in [-0.2, 0) is 11.8 Å². The van der Waals surface area contributed by atoms with Gasteiger partial charge in [0.2, 0.25) is 5.91 Å². The van der Waals surface area contributed by atoms with E-state index in [-0.39, 0.29) is 11.3 Å². The zero-order valence-electron chi connectivity index (χ0n) is 10.7. The average molecular weight is 239 g/mol. The summed E-state index contributed by atoms with van der Waals surface area (Å²) in [5, 5.41) is 1.30. The first-order valence-electron chi connectivity index (χ1n) is 6.87. The van der Waals surface area contributed by atoms with Crippen LogP contribution in [0, 0.1) is 0 Å². The Bertz CT molecular complexity index is 667. The maximum absolute atomic E-state index is 12.3. The lowest BCUT2D eigenvalue weighted by Crippen LogP contribution is -2.37. The molecule has 2 heteroatoms. The van der Waals surface area contributed by atoms with Gasteiger partial charge in [-0.05, 0) is 37.3 Å². The van der Waals surface area contributed by atoms with Crippen LogP contribution in [0.25, 0.3) is 10.9 Å². The third-order valence-corrected chi connectivity index (χ3v) is 4.85. The molecule has 18 heavy (non-hydrogen) atoms. The van der Waals surface area contributed by atoms with Crippen molar-refractivity contribution in [3.8, 4) is 0 Å². The molecule has 0 unspecified atom stereocenters. The second-order valence-corrected chi connectivity index (χ2v) is 5.99. The predicted octanol–water partition coefficient (Wildman–Crippen LogP) is 3.67. The Morgan fingerprint density at radius 2 is 2.00 bits per heavy atom. The maximum atomic E-state index is 12.3. The highest BCUT2D eigenvalue weighted by Gasteiger charge is 2.41. The molecule has 1 aromatic heterocycles. The lowest BCUT2D eigenvalue weighted by atomic mass is 9.70. The van der Waals surface area contributed by atoms with Crippen LogP contribution in [0.2, 0.25) is 0 Å². The second kappa shape index (κ2) is 3.25. The first-order valence-corrected chi connectivity index (χ1v) is 6.87. The van der Waals surface area contributed by atoms with Crippen LogP contribution in [0.3, 0.4) is 0 Å². The molecule has 0 bridgehead atoms. The van der Waals surface area contributed by atoms with E-state index in [0.29, 0.717) is 6.42 Å². The fourth-order valence-electron chi connectivity index (χ4n) is 3.96. The van der Waals surface area contributed by atoms with E-state index in [2.05, 4.69) is 25.1 Å². The lowest BCUT2D eigenvalue weighted by Gasteiger charge is -2.38. The fourth-order valence-corrected chi connectivity index (χ4v) is 3.96. The Morgan fingerprint density at radius 1 is 1.17 bits per heavy atom. The van der Waals surface area contributed by atoms with E-state index >= 15 is 0 Å². The van der Waals surface area contributed by atoms with Crippen molar-refractivity contribution in [2.75, 3.05) is 0 Å². The number of hydrogen-bond donors (Lipinski definition) is 0. The Labute approximate surface area is 107 Å². The van der Waals surface area contributed by atoms with Gasteiger partial charge in [-0.3, -0.25) is 9.36 Å². The first-order chi connectivity index (χ1) is 8.71. The van der Waals surface area contributed by atoms with Crippen LogP contribution in [0.4, 0.5) is 0 Å². The third kappa shape index (κ3) is 1.11. The minimum atomic E-state index is 0.223. The summed E-state index contributed by atoms with van der Waals surface area (Å²) in [6, 6.07) is 8.39. The van der Waals surface area contributed by atoms with Gasteiger partial charge in [-0.1, -0.05) is 25.1 Å². The smallest absolute Gasteiger partial charge is 0.231 e. The van der Waals surface area contributed by atoms with Crippen LogP contribution in [0.5, 0.6) is 0 Å². The summed E-state index contributed by atoms with van der Waals surface area (Å²) in [5.74, 6) is 0.284. The molecule has 4 rings (SSSR count). The number of para-hydroxylation sites is 1. The number of aryl methyl sites for hydroxylation is 1. The van der Waals surface area contributed by atoms with Gasteiger partial charge in [0.15, 0.2) is 0 Å². The zero-order chi connectivity index (χ0) is 12.3. The van der Waals surface area contributed by atoms with Crippen molar-refractivity contribution in [2.24, 2.45) is 0 Å². The van der Waals surface area contributed by atoms with Crippen molar-refractivity contribution < 1.29 is 4.79 Å². The number of rotatable bonds is 0. The van der Waals surface area contributed by atoms with E-state index in [1.54, 1.807) is 0 Å². The summed E-state index contributed by atoms with van der Waals surface area (Å²) >= 11 is 0. The molecule has 92 valence electrons. The molecule has 2 heterocycles. The summed E-state index contributed by atoms with van der Waals surface area (Å²) in [6.07, 6.45) is 5.33. The largest absolute Gasteiger partial charge is 0.283 e. The number of nitrogens with zero attached hydrogens (tertiary/aromatic N) is 1. The van der Waals surface area contributed by atoms with Crippen LogP contribution in [-0.4, -0.2) is 10.5 Å². The summed E-state index contributed by atoms with van der Waals surface area (Å²) in [5.41, 5.74) is 4.11. The standard InChI is InChI=1S/C16H17NO/c1-16-9-4-6-12-11-5-2-3-7-13(11)17(15(12)16)14(18)8-10-16/h2-3,5,7H,4,6,8-10H2,1H3/t16-/m0/s1. The van der Waals surface area contributed by atoms with E-state index in [1.807, 2.05) is 10.6 Å². The van der Waals surface area contributed by atoms with Gasteiger partial charge in [-0.25, -0.2) is 0 Å². The lowest BCUT2D eigenvalue weighted by molar-refractivity contribution is 0.0852. The highest BCUT2D eigenvalue weighted by molar-refractivity contribution is 5.97. The fraction of sp³-hybridized carbons (Fsp3) is 0.438. The normalized spacial score (nSPS) is 26.4. The monoisotopic (exact) mass is 239 g/mol. The van der Waals surface area contributed by atoms with Crippen molar-refractivity contribution in [3.05, 3.63) is 35.5 Å². The Hall–Kier alpha value is -1.57. The molecule has 1 aliphatic carbocycles. The number of carbonyl (C=O) groups is 1. The van der Waals surface area contributed by atoms with Gasteiger partial charge in [-0.2, -0.15) is 0 Å². The van der Waals surface area contributed by atoms with Crippen molar-refractivity contribution in [1.82, 2.24) is 4.57 Å². The topological polar surface area (TPSA) is 22.0 Å². The highest BCUT2D eigenvalue weighted by atomic mass is 16.2. The minimum absolute atomic E-state index is 0.223. The maximum Gasteiger partial charge on any atom is 0.231 e. The van der Waals surface area contributed by atoms with Crippen molar-refractivity contribution in [1.29, 1.82) is 0 Å². The quantitative estimate of drug-likeness (QED) is 0.687. The summed E-state index contributed by atoms with van der Waals surface area (Å²) in [4.78, 5) is 12.3. The van der Waals surface area contributed by atoms with E-state index in [1.165, 1.54) is 29.5 Å². The van der Waals surface area contributed by atoms with E-state index in [9.17, 15) is 4.79 Å². The Balaban J connectivity index is 2.19. The van der Waals surface area contributed by atoms with E-state index < -0.39 is 0 Å². The third-order valence-electron chi connectivity index (χ3n) is 4.85. The van der Waals surface area contributed by atoms with Gasteiger partial charge in [0.05, 0.1) is 5.52 Å². The molecular formula is C16H17NO. The molecule has 1 atom stereocenters. The molecule has 0 saturated heterocycles. The number of benzene rings is 1. The molecule has 1 aliphatic heterocycles. The summed E-state index contributed by atoms with van der Waals surface area (Å²) < 4.78 is 2.02. The molecule has 2 aliphatic rings. The van der Waals surface area contributed by atoms with Crippen LogP contribution < -0.4 is 0 Å². The number of carbonyl (C=O) groups excluding carboxylic acids is 1. The van der Waals surface area contributed by atoms with Crippen molar-refractivity contribution in [2.45, 2.75) is 44.4 Å². The summed E-state index contributed by atoms with van der Waals surface area (Å²) in [7, 11) is 0. The van der Waals surface area contributed by atoms with Gasteiger partial charge in [-0.15, -0.1) is 0 Å². The van der Waals surface area contributed by atoms with E-state index in [0.717, 1.165) is 18.4 Å². The van der Waals surface area contributed by atoms with Crippen LogP contribution in [0.1, 0.15) is 48.7 Å².